The zero-order valence-electron chi connectivity index (χ0n) is 16.3. The minimum absolute atomic E-state index is 0.0317. The molecule has 1 N–H and O–H groups in total. The maximum atomic E-state index is 13.1. The van der Waals surface area contributed by atoms with Gasteiger partial charge in [0.2, 0.25) is 5.91 Å². The van der Waals surface area contributed by atoms with Gasteiger partial charge < -0.3 is 5.32 Å². The number of carbonyl (C=O) groups excluding carboxylic acids is 1. The van der Waals surface area contributed by atoms with Crippen molar-refractivity contribution < 1.29 is 30.8 Å². The first kappa shape index (κ1) is 22.3. The zero-order valence-corrected chi connectivity index (χ0v) is 17.1. The molecule has 30 heavy (non-hydrogen) atoms. The van der Waals surface area contributed by atoms with Crippen LogP contribution in [0.4, 0.5) is 17.6 Å². The molecule has 1 aliphatic rings. The van der Waals surface area contributed by atoms with Crippen molar-refractivity contribution >= 4 is 15.7 Å². The Hall–Kier alpha value is -2.42. The fourth-order valence-corrected chi connectivity index (χ4v) is 5.34. The summed E-state index contributed by atoms with van der Waals surface area (Å²) in [5, 5.41) is 1.92. The van der Waals surface area contributed by atoms with Crippen molar-refractivity contribution in [2.24, 2.45) is 5.92 Å². The summed E-state index contributed by atoms with van der Waals surface area (Å²) in [6.07, 6.45) is -4.58. The van der Waals surface area contributed by atoms with E-state index in [1.807, 2.05) is 0 Å². The number of amides is 1. The maximum Gasteiger partial charge on any atom is 0.416 e. The normalized spacial score (nSPS) is 19.8. The van der Waals surface area contributed by atoms with Crippen LogP contribution in [-0.2, 0) is 26.3 Å². The van der Waals surface area contributed by atoms with Gasteiger partial charge in [-0.15, -0.1) is 0 Å². The molecule has 0 spiro atoms. The first-order valence-electron chi connectivity index (χ1n) is 9.30. The molecule has 4 nitrogen and oxygen atoms in total. The molecule has 0 radical (unpaired) electrons. The molecule has 2 aromatic carbocycles. The molecular weight excluding hydrogens is 422 g/mol. The highest BCUT2D eigenvalue weighted by molar-refractivity contribution is 7.92. The Morgan fingerprint density at radius 3 is 2.17 bits per heavy atom. The quantitative estimate of drug-likeness (QED) is 0.695. The molecule has 3 rings (SSSR count). The van der Waals surface area contributed by atoms with Gasteiger partial charge in [0, 0.05) is 5.92 Å². The molecule has 1 fully saturated rings. The van der Waals surface area contributed by atoms with Crippen molar-refractivity contribution in [3.63, 3.8) is 0 Å². The molecule has 0 aliphatic heterocycles. The first-order chi connectivity index (χ1) is 13.8. The number of benzene rings is 2. The van der Waals surface area contributed by atoms with Gasteiger partial charge in [-0.3, -0.25) is 4.79 Å². The molecular formula is C21H21F4NO3S. The Morgan fingerprint density at radius 1 is 1.00 bits per heavy atom. The molecule has 0 heterocycles. The highest BCUT2D eigenvalue weighted by Gasteiger charge is 2.44. The summed E-state index contributed by atoms with van der Waals surface area (Å²) in [5.41, 5.74) is -1.14. The first-order valence-corrected chi connectivity index (χ1v) is 10.8. The van der Waals surface area contributed by atoms with Gasteiger partial charge in [-0.05, 0) is 62.6 Å². The van der Waals surface area contributed by atoms with E-state index >= 15 is 0 Å². The van der Waals surface area contributed by atoms with E-state index in [1.54, 1.807) is 26.0 Å². The van der Waals surface area contributed by atoms with E-state index < -0.39 is 49.0 Å². The van der Waals surface area contributed by atoms with E-state index in [0.29, 0.717) is 11.6 Å². The number of rotatable bonds is 5. The van der Waals surface area contributed by atoms with E-state index in [-0.39, 0.29) is 18.7 Å². The van der Waals surface area contributed by atoms with Gasteiger partial charge in [0.15, 0.2) is 9.84 Å². The average Bonchev–Trinajstić information content (AvgIpc) is 2.59. The second kappa shape index (κ2) is 7.68. The summed E-state index contributed by atoms with van der Waals surface area (Å²) in [4.78, 5) is 12.2. The third kappa shape index (κ3) is 4.50. The highest BCUT2D eigenvalue weighted by Crippen LogP contribution is 2.38. The van der Waals surface area contributed by atoms with Crippen molar-refractivity contribution in [3.05, 3.63) is 65.5 Å². The van der Waals surface area contributed by atoms with Crippen LogP contribution in [0, 0.1) is 11.7 Å². The fraction of sp³-hybridized carbons (Fsp3) is 0.381. The molecule has 9 heteroatoms. The summed E-state index contributed by atoms with van der Waals surface area (Å²) in [5.74, 6) is -1.31. The highest BCUT2D eigenvalue weighted by atomic mass is 32.2. The lowest BCUT2D eigenvalue weighted by atomic mass is 9.83. The lowest BCUT2D eigenvalue weighted by Crippen LogP contribution is -2.49. The van der Waals surface area contributed by atoms with E-state index in [9.17, 15) is 30.8 Å². The van der Waals surface area contributed by atoms with E-state index in [4.69, 9.17) is 0 Å². The summed E-state index contributed by atoms with van der Waals surface area (Å²) < 4.78 is 77.1. The van der Waals surface area contributed by atoms with Crippen LogP contribution in [-0.4, -0.2) is 19.6 Å². The summed E-state index contributed by atoms with van der Waals surface area (Å²) in [6.45, 7) is 3.49. The Kier molecular flexibility index (Phi) is 5.70. The Bertz CT molecular complexity index is 1040. The molecule has 1 saturated carbocycles. The summed E-state index contributed by atoms with van der Waals surface area (Å²) >= 11 is 0. The molecule has 0 atom stereocenters. The largest absolute Gasteiger partial charge is 0.416 e. The molecule has 2 aromatic rings. The second-order valence-corrected chi connectivity index (χ2v) is 10.2. The number of sulfone groups is 1. The van der Waals surface area contributed by atoms with Gasteiger partial charge in [0.25, 0.3) is 0 Å². The van der Waals surface area contributed by atoms with Gasteiger partial charge in [-0.1, -0.05) is 18.2 Å². The van der Waals surface area contributed by atoms with Crippen LogP contribution in [0.1, 0.15) is 37.8 Å². The number of alkyl halides is 3. The van der Waals surface area contributed by atoms with Crippen LogP contribution in [0.5, 0.6) is 0 Å². The number of hydrogen-bond donors (Lipinski definition) is 1. The number of hydrogen-bond acceptors (Lipinski definition) is 3. The fourth-order valence-electron chi connectivity index (χ4n) is 3.42. The van der Waals surface area contributed by atoms with E-state index in [2.05, 4.69) is 5.32 Å². The SMILES string of the molecule is CC(C)(NC(=O)[C@H]1C[C@H](S(=O)(=O)c2cccc(C(F)(F)F)c2)C1)c1ccc(F)cc1. The van der Waals surface area contributed by atoms with Crippen LogP contribution in [0.2, 0.25) is 0 Å². The third-order valence-corrected chi connectivity index (χ3v) is 7.57. The molecule has 0 saturated heterocycles. The predicted octanol–water partition coefficient (Wildman–Crippen LogP) is 4.45. The van der Waals surface area contributed by atoms with Gasteiger partial charge >= 0.3 is 6.18 Å². The summed E-state index contributed by atoms with van der Waals surface area (Å²) in [6, 6.07) is 9.30. The van der Waals surface area contributed by atoms with Crippen LogP contribution in [0.15, 0.2) is 53.4 Å². The zero-order chi connectivity index (χ0) is 22.3. The maximum absolute atomic E-state index is 13.1. The third-order valence-electron chi connectivity index (χ3n) is 5.40. The Labute approximate surface area is 172 Å². The molecule has 162 valence electrons. The van der Waals surface area contributed by atoms with Crippen LogP contribution in [0.25, 0.3) is 0 Å². The molecule has 0 unspecified atom stereocenters. The standard InChI is InChI=1S/C21H21F4NO3S/c1-20(2,14-6-8-16(22)9-7-14)26-19(27)13-10-18(11-13)30(28,29)17-5-3-4-15(12-17)21(23,24)25/h3-9,12-13,18H,10-11H2,1-2H3,(H,26,27)/t13-,18-. The van der Waals surface area contributed by atoms with Crippen LogP contribution in [0.3, 0.4) is 0 Å². The lowest BCUT2D eigenvalue weighted by molar-refractivity contribution is -0.137. The molecule has 1 amide bonds. The van der Waals surface area contributed by atoms with Crippen LogP contribution < -0.4 is 5.32 Å². The molecule has 0 aromatic heterocycles. The Morgan fingerprint density at radius 2 is 1.60 bits per heavy atom. The van der Waals surface area contributed by atoms with Gasteiger partial charge in [-0.25, -0.2) is 12.8 Å². The van der Waals surface area contributed by atoms with Crippen molar-refractivity contribution in [1.29, 1.82) is 0 Å². The van der Waals surface area contributed by atoms with E-state index in [0.717, 1.165) is 18.2 Å². The number of nitrogens with one attached hydrogen (secondary N) is 1. The average molecular weight is 443 g/mol. The van der Waals surface area contributed by atoms with Crippen LogP contribution >= 0.6 is 0 Å². The summed E-state index contributed by atoms with van der Waals surface area (Å²) in [7, 11) is -3.97. The van der Waals surface area contributed by atoms with Gasteiger partial charge in [0.1, 0.15) is 5.82 Å². The Balaban J connectivity index is 1.66. The lowest BCUT2D eigenvalue weighted by Gasteiger charge is -2.36. The monoisotopic (exact) mass is 443 g/mol. The van der Waals surface area contributed by atoms with Crippen molar-refractivity contribution in [1.82, 2.24) is 5.32 Å². The predicted molar refractivity (Wildman–Crippen MR) is 103 cm³/mol. The van der Waals surface area contributed by atoms with Crippen molar-refractivity contribution in [3.8, 4) is 0 Å². The topological polar surface area (TPSA) is 63.2 Å². The second-order valence-electron chi connectivity index (χ2n) is 7.98. The van der Waals surface area contributed by atoms with Gasteiger partial charge in [0.05, 0.1) is 21.2 Å². The number of halogens is 4. The minimum atomic E-state index is -4.64. The van der Waals surface area contributed by atoms with Crippen molar-refractivity contribution in [2.75, 3.05) is 0 Å². The van der Waals surface area contributed by atoms with E-state index in [1.165, 1.54) is 12.1 Å². The smallest absolute Gasteiger partial charge is 0.347 e. The number of carbonyl (C=O) groups is 1. The molecule has 0 bridgehead atoms. The van der Waals surface area contributed by atoms with Gasteiger partial charge in [-0.2, -0.15) is 13.2 Å². The minimum Gasteiger partial charge on any atom is -0.347 e. The van der Waals surface area contributed by atoms with Crippen molar-refractivity contribution in [2.45, 2.75) is 48.5 Å². The molecule has 1 aliphatic carbocycles.